The first-order valence-electron chi connectivity index (χ1n) is 5.77. The highest BCUT2D eigenvalue weighted by atomic mass is 16.5. The Morgan fingerprint density at radius 1 is 1.21 bits per heavy atom. The van der Waals surface area contributed by atoms with Gasteiger partial charge >= 0.3 is 0 Å². The Balaban J connectivity index is 1.87. The lowest BCUT2D eigenvalue weighted by molar-refractivity contribution is -0.0705. The molecule has 2 unspecified atom stereocenters. The van der Waals surface area contributed by atoms with Crippen molar-refractivity contribution in [3.63, 3.8) is 0 Å². The van der Waals surface area contributed by atoms with Crippen molar-refractivity contribution in [1.82, 2.24) is 4.90 Å². The average Bonchev–Trinajstić information content (AvgIpc) is 2.20. The smallest absolute Gasteiger partial charge is 0.0929 e. The maximum atomic E-state index is 9.82. The topological polar surface area (TPSA) is 32.7 Å². The molecule has 2 rings (SSSR count). The van der Waals surface area contributed by atoms with Crippen LogP contribution in [0, 0.1) is 5.92 Å². The minimum absolute atomic E-state index is 0.267. The predicted molar refractivity (Wildman–Crippen MR) is 55.2 cm³/mol. The summed E-state index contributed by atoms with van der Waals surface area (Å²) in [7, 11) is 0. The van der Waals surface area contributed by atoms with Crippen LogP contribution in [-0.2, 0) is 4.74 Å². The van der Waals surface area contributed by atoms with E-state index in [-0.39, 0.29) is 6.10 Å². The van der Waals surface area contributed by atoms with Crippen molar-refractivity contribution in [2.24, 2.45) is 5.92 Å². The van der Waals surface area contributed by atoms with Crippen molar-refractivity contribution < 1.29 is 9.84 Å². The van der Waals surface area contributed by atoms with Crippen LogP contribution >= 0.6 is 0 Å². The highest BCUT2D eigenvalue weighted by Crippen LogP contribution is 2.22. The number of hydrogen-bond acceptors (Lipinski definition) is 3. The van der Waals surface area contributed by atoms with Crippen LogP contribution in [0.1, 0.15) is 26.2 Å². The molecule has 14 heavy (non-hydrogen) atoms. The van der Waals surface area contributed by atoms with Crippen molar-refractivity contribution in [2.75, 3.05) is 26.3 Å². The molecule has 0 radical (unpaired) electrons. The van der Waals surface area contributed by atoms with Gasteiger partial charge < -0.3 is 9.84 Å². The van der Waals surface area contributed by atoms with E-state index in [1.807, 2.05) is 0 Å². The summed E-state index contributed by atoms with van der Waals surface area (Å²) in [6, 6.07) is 0.358. The first-order chi connectivity index (χ1) is 6.77. The molecule has 0 spiro atoms. The molecule has 82 valence electrons. The Morgan fingerprint density at radius 2 is 1.93 bits per heavy atom. The molecule has 2 saturated heterocycles. The van der Waals surface area contributed by atoms with Crippen molar-refractivity contribution in [1.29, 1.82) is 0 Å². The van der Waals surface area contributed by atoms with Gasteiger partial charge in [-0.3, -0.25) is 4.90 Å². The lowest BCUT2D eigenvalue weighted by atomic mass is 9.95. The molecule has 1 N–H and O–H groups in total. The van der Waals surface area contributed by atoms with Gasteiger partial charge in [0.1, 0.15) is 0 Å². The highest BCUT2D eigenvalue weighted by Gasteiger charge is 2.30. The fraction of sp³-hybridized carbons (Fsp3) is 1.00. The lowest BCUT2D eigenvalue weighted by Gasteiger charge is -2.40. The zero-order chi connectivity index (χ0) is 9.97. The number of piperidine rings is 1. The number of aliphatic hydroxyl groups is 1. The van der Waals surface area contributed by atoms with Crippen LogP contribution in [0.5, 0.6) is 0 Å². The lowest BCUT2D eigenvalue weighted by Crippen LogP contribution is -2.51. The van der Waals surface area contributed by atoms with E-state index >= 15 is 0 Å². The minimum Gasteiger partial charge on any atom is -0.389 e. The molecule has 0 aromatic heterocycles. The zero-order valence-electron chi connectivity index (χ0n) is 8.98. The van der Waals surface area contributed by atoms with Crippen LogP contribution in [-0.4, -0.2) is 48.5 Å². The second-order valence-corrected chi connectivity index (χ2v) is 4.72. The molecule has 0 aromatic rings. The van der Waals surface area contributed by atoms with E-state index in [4.69, 9.17) is 4.74 Å². The third-order valence-electron chi connectivity index (χ3n) is 3.58. The normalized spacial score (nSPS) is 37.3. The van der Waals surface area contributed by atoms with Crippen molar-refractivity contribution in [2.45, 2.75) is 38.3 Å². The fourth-order valence-electron chi connectivity index (χ4n) is 2.50. The summed E-state index contributed by atoms with van der Waals surface area (Å²) in [5.41, 5.74) is 0. The quantitative estimate of drug-likeness (QED) is 0.680. The average molecular weight is 199 g/mol. The fourth-order valence-corrected chi connectivity index (χ4v) is 2.50. The Morgan fingerprint density at radius 3 is 2.57 bits per heavy atom. The Labute approximate surface area is 86.0 Å². The number of likely N-dealkylation sites (tertiary alicyclic amines) is 1. The molecule has 0 aromatic carbocycles. The standard InChI is InChI=1S/C11H21NO2/c1-9-2-5-12(6-3-9)10-4-7-14-8-11(10)13/h9-11,13H,2-8H2,1H3. The zero-order valence-corrected chi connectivity index (χ0v) is 8.98. The van der Waals surface area contributed by atoms with Gasteiger partial charge in [0, 0.05) is 12.6 Å². The SMILES string of the molecule is CC1CCN(C2CCOCC2O)CC1. The molecule has 0 aliphatic carbocycles. The molecule has 2 aliphatic rings. The van der Waals surface area contributed by atoms with Gasteiger partial charge in [-0.1, -0.05) is 6.92 Å². The van der Waals surface area contributed by atoms with E-state index < -0.39 is 0 Å². The molecule has 0 amide bonds. The summed E-state index contributed by atoms with van der Waals surface area (Å²) in [4.78, 5) is 2.45. The van der Waals surface area contributed by atoms with Gasteiger partial charge in [-0.05, 0) is 38.3 Å². The third kappa shape index (κ3) is 2.27. The number of rotatable bonds is 1. The molecule has 2 fully saturated rings. The summed E-state index contributed by atoms with van der Waals surface area (Å²) < 4.78 is 5.25. The molecular formula is C11H21NO2. The summed E-state index contributed by atoms with van der Waals surface area (Å²) in [6.07, 6.45) is 3.29. The van der Waals surface area contributed by atoms with Gasteiger partial charge in [-0.15, -0.1) is 0 Å². The first-order valence-corrected chi connectivity index (χ1v) is 5.77. The molecule has 2 atom stereocenters. The molecule has 2 aliphatic heterocycles. The van der Waals surface area contributed by atoms with Gasteiger partial charge in [0.25, 0.3) is 0 Å². The third-order valence-corrected chi connectivity index (χ3v) is 3.58. The van der Waals surface area contributed by atoms with Crippen LogP contribution in [0.2, 0.25) is 0 Å². The van der Waals surface area contributed by atoms with E-state index in [9.17, 15) is 5.11 Å². The Hall–Kier alpha value is -0.120. The predicted octanol–water partition coefficient (Wildman–Crippen LogP) is 0.868. The summed E-state index contributed by atoms with van der Waals surface area (Å²) in [5.74, 6) is 0.864. The van der Waals surface area contributed by atoms with E-state index in [0.29, 0.717) is 12.6 Å². The molecule has 2 heterocycles. The number of hydrogen-bond donors (Lipinski definition) is 1. The van der Waals surface area contributed by atoms with Gasteiger partial charge in [0.2, 0.25) is 0 Å². The maximum Gasteiger partial charge on any atom is 0.0929 e. The molecule has 0 bridgehead atoms. The molecule has 3 heteroatoms. The van der Waals surface area contributed by atoms with Gasteiger partial charge in [0.15, 0.2) is 0 Å². The van der Waals surface area contributed by atoms with E-state index in [0.717, 1.165) is 32.0 Å². The maximum absolute atomic E-state index is 9.82. The van der Waals surface area contributed by atoms with Crippen molar-refractivity contribution in [3.8, 4) is 0 Å². The molecular weight excluding hydrogens is 178 g/mol. The number of nitrogens with zero attached hydrogens (tertiary/aromatic N) is 1. The highest BCUT2D eigenvalue weighted by molar-refractivity contribution is 4.84. The van der Waals surface area contributed by atoms with Crippen LogP contribution in [0.4, 0.5) is 0 Å². The Kier molecular flexibility index (Phi) is 3.42. The van der Waals surface area contributed by atoms with Gasteiger partial charge in [-0.2, -0.15) is 0 Å². The number of aliphatic hydroxyl groups excluding tert-OH is 1. The second kappa shape index (κ2) is 4.60. The van der Waals surface area contributed by atoms with E-state index in [1.54, 1.807) is 0 Å². The van der Waals surface area contributed by atoms with Crippen LogP contribution < -0.4 is 0 Å². The molecule has 3 nitrogen and oxygen atoms in total. The monoisotopic (exact) mass is 199 g/mol. The first kappa shape index (κ1) is 10.4. The van der Waals surface area contributed by atoms with Crippen LogP contribution in [0.3, 0.4) is 0 Å². The van der Waals surface area contributed by atoms with Crippen molar-refractivity contribution >= 4 is 0 Å². The molecule has 0 saturated carbocycles. The largest absolute Gasteiger partial charge is 0.389 e. The number of ether oxygens (including phenoxy) is 1. The minimum atomic E-state index is -0.267. The summed E-state index contributed by atoms with van der Waals surface area (Å²) in [6.45, 7) is 5.97. The summed E-state index contributed by atoms with van der Waals surface area (Å²) in [5, 5.41) is 9.82. The Bertz CT molecular complexity index is 178. The van der Waals surface area contributed by atoms with E-state index in [2.05, 4.69) is 11.8 Å². The van der Waals surface area contributed by atoms with E-state index in [1.165, 1.54) is 12.8 Å². The summed E-state index contributed by atoms with van der Waals surface area (Å²) >= 11 is 0. The van der Waals surface area contributed by atoms with Gasteiger partial charge in [0.05, 0.1) is 12.7 Å². The van der Waals surface area contributed by atoms with Gasteiger partial charge in [-0.25, -0.2) is 0 Å². The van der Waals surface area contributed by atoms with Crippen LogP contribution in [0.25, 0.3) is 0 Å². The van der Waals surface area contributed by atoms with Crippen molar-refractivity contribution in [3.05, 3.63) is 0 Å². The van der Waals surface area contributed by atoms with Crippen LogP contribution in [0.15, 0.2) is 0 Å². The second-order valence-electron chi connectivity index (χ2n) is 4.72.